The van der Waals surface area contributed by atoms with E-state index >= 15 is 0 Å². The molecular formula is C23H40O2. The zero-order valence-corrected chi connectivity index (χ0v) is 16.5. The van der Waals surface area contributed by atoms with E-state index in [9.17, 15) is 0 Å². The largest absolute Gasteiger partial charge is 0.491 e. The van der Waals surface area contributed by atoms with E-state index in [1.165, 1.54) is 83.5 Å². The van der Waals surface area contributed by atoms with Gasteiger partial charge in [-0.1, -0.05) is 102 Å². The van der Waals surface area contributed by atoms with Crippen LogP contribution in [-0.4, -0.2) is 19.8 Å². The highest BCUT2D eigenvalue weighted by Gasteiger charge is 1.95. The zero-order valence-electron chi connectivity index (χ0n) is 16.5. The molecule has 0 aromatic heterocycles. The van der Waals surface area contributed by atoms with Crippen molar-refractivity contribution >= 4 is 0 Å². The first-order chi connectivity index (χ1) is 12.4. The van der Waals surface area contributed by atoms with Crippen LogP contribution in [0.3, 0.4) is 0 Å². The number of hydrogen-bond acceptors (Lipinski definition) is 2. The quantitative estimate of drug-likeness (QED) is 0.262. The van der Waals surface area contributed by atoms with E-state index in [1.807, 2.05) is 30.3 Å². The number of para-hydroxylation sites is 1. The highest BCUT2D eigenvalue weighted by Crippen LogP contribution is 2.12. The molecule has 0 atom stereocenters. The van der Waals surface area contributed by atoms with Crippen LogP contribution >= 0.6 is 0 Å². The summed E-state index contributed by atoms with van der Waals surface area (Å²) < 4.78 is 11.2. The molecule has 0 bridgehead atoms. The highest BCUT2D eigenvalue weighted by atomic mass is 16.5. The second-order valence-corrected chi connectivity index (χ2v) is 7.02. The zero-order chi connectivity index (χ0) is 17.8. The SMILES string of the molecule is CCCCCCCCCCCCCCCOCCOc1ccccc1. The molecule has 2 nitrogen and oxygen atoms in total. The molecule has 0 fully saturated rings. The van der Waals surface area contributed by atoms with Crippen molar-refractivity contribution in [1.29, 1.82) is 0 Å². The molecule has 0 saturated heterocycles. The molecule has 0 amide bonds. The third-order valence-corrected chi connectivity index (χ3v) is 4.63. The summed E-state index contributed by atoms with van der Waals surface area (Å²) in [5.41, 5.74) is 0. The molecule has 0 N–H and O–H groups in total. The van der Waals surface area contributed by atoms with Crippen LogP contribution in [0.4, 0.5) is 0 Å². The molecule has 0 heterocycles. The van der Waals surface area contributed by atoms with Gasteiger partial charge in [-0.2, -0.15) is 0 Å². The number of ether oxygens (including phenoxy) is 2. The minimum Gasteiger partial charge on any atom is -0.491 e. The van der Waals surface area contributed by atoms with Crippen molar-refractivity contribution < 1.29 is 9.47 Å². The van der Waals surface area contributed by atoms with Gasteiger partial charge >= 0.3 is 0 Å². The highest BCUT2D eigenvalue weighted by molar-refractivity contribution is 5.20. The fraction of sp³-hybridized carbons (Fsp3) is 0.739. The summed E-state index contributed by atoms with van der Waals surface area (Å²) in [5.74, 6) is 0.923. The Balaban J connectivity index is 1.69. The standard InChI is InChI=1S/C23H40O2/c1-2-3-4-5-6-7-8-9-10-11-12-13-17-20-24-21-22-25-23-18-15-14-16-19-23/h14-16,18-19H,2-13,17,20-22H2,1H3. The molecule has 1 aromatic carbocycles. The van der Waals surface area contributed by atoms with Gasteiger partial charge in [0.15, 0.2) is 0 Å². The van der Waals surface area contributed by atoms with E-state index in [-0.39, 0.29) is 0 Å². The predicted octanol–water partition coefficient (Wildman–Crippen LogP) is 7.17. The molecule has 0 saturated carbocycles. The second kappa shape index (κ2) is 17.8. The van der Waals surface area contributed by atoms with Crippen LogP contribution in [0.5, 0.6) is 5.75 Å². The van der Waals surface area contributed by atoms with Crippen molar-refractivity contribution in [3.8, 4) is 5.75 Å². The number of unbranched alkanes of at least 4 members (excludes halogenated alkanes) is 12. The fourth-order valence-corrected chi connectivity index (χ4v) is 3.06. The van der Waals surface area contributed by atoms with Crippen molar-refractivity contribution in [2.24, 2.45) is 0 Å². The molecule has 0 radical (unpaired) electrons. The first-order valence-corrected chi connectivity index (χ1v) is 10.7. The molecule has 0 aliphatic carbocycles. The third kappa shape index (κ3) is 15.0. The Labute approximate surface area is 156 Å². The summed E-state index contributed by atoms with van der Waals surface area (Å²) in [6.07, 6.45) is 18.1. The summed E-state index contributed by atoms with van der Waals surface area (Å²) in [7, 11) is 0. The smallest absolute Gasteiger partial charge is 0.119 e. The van der Waals surface area contributed by atoms with Crippen LogP contribution < -0.4 is 4.74 Å². The van der Waals surface area contributed by atoms with Crippen molar-refractivity contribution in [2.45, 2.75) is 90.4 Å². The molecular weight excluding hydrogens is 308 g/mol. The van der Waals surface area contributed by atoms with Gasteiger partial charge in [0.25, 0.3) is 0 Å². The van der Waals surface area contributed by atoms with Crippen LogP contribution in [-0.2, 0) is 4.74 Å². The minimum absolute atomic E-state index is 0.641. The monoisotopic (exact) mass is 348 g/mol. The molecule has 144 valence electrons. The Bertz CT molecular complexity index is 364. The van der Waals surface area contributed by atoms with E-state index < -0.39 is 0 Å². The maximum absolute atomic E-state index is 5.63. The molecule has 2 heteroatoms. The lowest BCUT2D eigenvalue weighted by Gasteiger charge is -2.07. The van der Waals surface area contributed by atoms with Gasteiger partial charge < -0.3 is 9.47 Å². The van der Waals surface area contributed by atoms with Crippen molar-refractivity contribution in [1.82, 2.24) is 0 Å². The van der Waals surface area contributed by atoms with E-state index in [4.69, 9.17) is 9.47 Å². The van der Waals surface area contributed by atoms with Crippen LogP contribution in [0, 0.1) is 0 Å². The third-order valence-electron chi connectivity index (χ3n) is 4.63. The molecule has 1 aromatic rings. The van der Waals surface area contributed by atoms with Gasteiger partial charge in [-0.05, 0) is 18.6 Å². The molecule has 0 spiro atoms. The van der Waals surface area contributed by atoms with Gasteiger partial charge in [-0.3, -0.25) is 0 Å². The van der Waals surface area contributed by atoms with Crippen LogP contribution in [0.1, 0.15) is 90.4 Å². The van der Waals surface area contributed by atoms with Gasteiger partial charge in [-0.25, -0.2) is 0 Å². The predicted molar refractivity (Wildman–Crippen MR) is 108 cm³/mol. The Morgan fingerprint density at radius 3 is 1.64 bits per heavy atom. The maximum Gasteiger partial charge on any atom is 0.119 e. The van der Waals surface area contributed by atoms with Gasteiger partial charge in [0.1, 0.15) is 12.4 Å². The van der Waals surface area contributed by atoms with Crippen molar-refractivity contribution in [3.05, 3.63) is 30.3 Å². The number of hydrogen-bond donors (Lipinski definition) is 0. The lowest BCUT2D eigenvalue weighted by atomic mass is 10.0. The minimum atomic E-state index is 0.641. The molecule has 25 heavy (non-hydrogen) atoms. The summed E-state index contributed by atoms with van der Waals surface area (Å²) in [5, 5.41) is 0. The Morgan fingerprint density at radius 1 is 0.560 bits per heavy atom. The summed E-state index contributed by atoms with van der Waals surface area (Å²) in [4.78, 5) is 0. The lowest BCUT2D eigenvalue weighted by Crippen LogP contribution is -2.07. The van der Waals surface area contributed by atoms with Gasteiger partial charge in [0, 0.05) is 6.61 Å². The van der Waals surface area contributed by atoms with E-state index in [1.54, 1.807) is 0 Å². The normalized spacial score (nSPS) is 10.9. The van der Waals surface area contributed by atoms with E-state index in [2.05, 4.69) is 6.92 Å². The first kappa shape index (κ1) is 22.0. The summed E-state index contributed by atoms with van der Waals surface area (Å²) >= 11 is 0. The molecule has 0 unspecified atom stereocenters. The molecule has 0 aliphatic heterocycles. The first-order valence-electron chi connectivity index (χ1n) is 10.7. The Hall–Kier alpha value is -1.02. The van der Waals surface area contributed by atoms with E-state index in [0.717, 1.165) is 12.4 Å². The van der Waals surface area contributed by atoms with Gasteiger partial charge in [-0.15, -0.1) is 0 Å². The Kier molecular flexibility index (Phi) is 15.7. The fourth-order valence-electron chi connectivity index (χ4n) is 3.06. The van der Waals surface area contributed by atoms with Crippen LogP contribution in [0.25, 0.3) is 0 Å². The average Bonchev–Trinajstić information content (AvgIpc) is 2.65. The van der Waals surface area contributed by atoms with Crippen LogP contribution in [0.15, 0.2) is 30.3 Å². The molecule has 0 aliphatic rings. The Morgan fingerprint density at radius 2 is 1.08 bits per heavy atom. The van der Waals surface area contributed by atoms with E-state index in [0.29, 0.717) is 13.2 Å². The number of benzene rings is 1. The van der Waals surface area contributed by atoms with Gasteiger partial charge in [0.05, 0.1) is 6.61 Å². The number of rotatable bonds is 18. The van der Waals surface area contributed by atoms with Crippen LogP contribution in [0.2, 0.25) is 0 Å². The van der Waals surface area contributed by atoms with Crippen molar-refractivity contribution in [2.75, 3.05) is 19.8 Å². The summed E-state index contributed by atoms with van der Waals surface area (Å²) in [6, 6.07) is 9.94. The van der Waals surface area contributed by atoms with Crippen molar-refractivity contribution in [3.63, 3.8) is 0 Å². The summed E-state index contributed by atoms with van der Waals surface area (Å²) in [6.45, 7) is 4.48. The van der Waals surface area contributed by atoms with Gasteiger partial charge in [0.2, 0.25) is 0 Å². The average molecular weight is 349 g/mol. The second-order valence-electron chi connectivity index (χ2n) is 7.02. The topological polar surface area (TPSA) is 18.5 Å². The maximum atomic E-state index is 5.63. The lowest BCUT2D eigenvalue weighted by molar-refractivity contribution is 0.0970. The molecule has 1 rings (SSSR count).